The summed E-state index contributed by atoms with van der Waals surface area (Å²) in [5.41, 5.74) is 5.57. The van der Waals surface area contributed by atoms with Crippen LogP contribution < -0.4 is 5.73 Å². The standard InChI is InChI=1S/C10H18N4O3S/c11-10-9(6-12-13-10)18(16,17)14-5-3-1-2-4-8(14)7-15/h6,8,15H,1-5,7H2,(H3,11,12,13). The number of sulfonamides is 1. The summed E-state index contributed by atoms with van der Waals surface area (Å²) in [5.74, 6) is 0.0379. The average molecular weight is 274 g/mol. The molecular formula is C10H18N4O3S. The van der Waals surface area contributed by atoms with E-state index in [1.807, 2.05) is 0 Å². The molecule has 1 saturated heterocycles. The maximum atomic E-state index is 12.5. The van der Waals surface area contributed by atoms with Crippen LogP contribution >= 0.6 is 0 Å². The quantitative estimate of drug-likeness (QED) is 0.713. The Morgan fingerprint density at radius 1 is 1.50 bits per heavy atom. The van der Waals surface area contributed by atoms with E-state index in [0.29, 0.717) is 13.0 Å². The summed E-state index contributed by atoms with van der Waals surface area (Å²) in [6.07, 6.45) is 4.59. The summed E-state index contributed by atoms with van der Waals surface area (Å²) in [6.45, 7) is 0.245. The number of nitrogens with zero attached hydrogens (tertiary/aromatic N) is 2. The second kappa shape index (κ2) is 5.25. The van der Waals surface area contributed by atoms with Crippen molar-refractivity contribution >= 4 is 15.8 Å². The van der Waals surface area contributed by atoms with E-state index in [0.717, 1.165) is 19.3 Å². The van der Waals surface area contributed by atoms with Crippen molar-refractivity contribution in [3.05, 3.63) is 6.20 Å². The second-order valence-electron chi connectivity index (χ2n) is 4.45. The van der Waals surface area contributed by atoms with Crippen molar-refractivity contribution in [1.29, 1.82) is 0 Å². The summed E-state index contributed by atoms with van der Waals surface area (Å²) in [6, 6.07) is -0.369. The molecule has 0 saturated carbocycles. The van der Waals surface area contributed by atoms with Gasteiger partial charge in [-0.3, -0.25) is 5.10 Å². The van der Waals surface area contributed by atoms with Gasteiger partial charge in [0.05, 0.1) is 12.8 Å². The van der Waals surface area contributed by atoms with Gasteiger partial charge in [0.15, 0.2) is 0 Å². The van der Waals surface area contributed by atoms with Gasteiger partial charge < -0.3 is 10.8 Å². The highest BCUT2D eigenvalue weighted by atomic mass is 32.2. The maximum Gasteiger partial charge on any atom is 0.248 e. The Labute approximate surface area is 106 Å². The van der Waals surface area contributed by atoms with Crippen molar-refractivity contribution in [3.63, 3.8) is 0 Å². The fourth-order valence-corrected chi connectivity index (χ4v) is 3.96. The van der Waals surface area contributed by atoms with Crippen molar-refractivity contribution in [2.24, 2.45) is 0 Å². The molecule has 0 bridgehead atoms. The summed E-state index contributed by atoms with van der Waals surface area (Å²) in [4.78, 5) is -0.0113. The van der Waals surface area contributed by atoms with Crippen molar-refractivity contribution in [2.75, 3.05) is 18.9 Å². The van der Waals surface area contributed by atoms with E-state index < -0.39 is 10.0 Å². The van der Waals surface area contributed by atoms with E-state index in [-0.39, 0.29) is 23.4 Å². The van der Waals surface area contributed by atoms with Gasteiger partial charge in [-0.1, -0.05) is 12.8 Å². The fraction of sp³-hybridized carbons (Fsp3) is 0.700. The number of hydrogen-bond donors (Lipinski definition) is 3. The monoisotopic (exact) mass is 274 g/mol. The van der Waals surface area contributed by atoms with Crippen molar-refractivity contribution in [3.8, 4) is 0 Å². The van der Waals surface area contributed by atoms with E-state index >= 15 is 0 Å². The third-order valence-electron chi connectivity index (χ3n) is 3.25. The second-order valence-corrected chi connectivity index (χ2v) is 6.31. The molecule has 1 aromatic heterocycles. The van der Waals surface area contributed by atoms with Crippen LogP contribution in [-0.4, -0.2) is 47.2 Å². The van der Waals surface area contributed by atoms with Gasteiger partial charge in [-0.05, 0) is 12.8 Å². The topological polar surface area (TPSA) is 112 Å². The third-order valence-corrected chi connectivity index (χ3v) is 5.23. The van der Waals surface area contributed by atoms with Crippen LogP contribution in [0, 0.1) is 0 Å². The molecule has 1 aliphatic rings. The number of hydrogen-bond acceptors (Lipinski definition) is 5. The van der Waals surface area contributed by atoms with Crippen molar-refractivity contribution in [1.82, 2.24) is 14.5 Å². The first-order valence-electron chi connectivity index (χ1n) is 5.99. The molecule has 1 aromatic rings. The first-order valence-corrected chi connectivity index (χ1v) is 7.43. The zero-order valence-corrected chi connectivity index (χ0v) is 10.9. The van der Waals surface area contributed by atoms with Gasteiger partial charge in [-0.15, -0.1) is 0 Å². The molecule has 1 aliphatic heterocycles. The molecule has 0 amide bonds. The van der Waals surface area contributed by atoms with Crippen LogP contribution in [0.1, 0.15) is 25.7 Å². The van der Waals surface area contributed by atoms with Crippen LogP contribution in [0.25, 0.3) is 0 Å². The normalized spacial score (nSPS) is 22.8. The van der Waals surface area contributed by atoms with Gasteiger partial charge in [0.25, 0.3) is 0 Å². The van der Waals surface area contributed by atoms with Gasteiger partial charge in [-0.25, -0.2) is 8.42 Å². The van der Waals surface area contributed by atoms with E-state index in [2.05, 4.69) is 10.2 Å². The molecular weight excluding hydrogens is 256 g/mol. The summed E-state index contributed by atoms with van der Waals surface area (Å²) in [5, 5.41) is 15.4. The number of aliphatic hydroxyl groups is 1. The molecule has 0 radical (unpaired) electrons. The molecule has 1 fully saturated rings. The Kier molecular flexibility index (Phi) is 3.88. The predicted molar refractivity (Wildman–Crippen MR) is 66.2 cm³/mol. The molecule has 0 aliphatic carbocycles. The van der Waals surface area contributed by atoms with Gasteiger partial charge >= 0.3 is 0 Å². The van der Waals surface area contributed by atoms with E-state index in [4.69, 9.17) is 5.73 Å². The highest BCUT2D eigenvalue weighted by Crippen LogP contribution is 2.26. The average Bonchev–Trinajstić information content (AvgIpc) is 2.65. The molecule has 18 heavy (non-hydrogen) atoms. The SMILES string of the molecule is Nc1[nH]ncc1S(=O)(=O)N1CCCCCC1CO. The molecule has 2 heterocycles. The third kappa shape index (κ3) is 2.36. The molecule has 4 N–H and O–H groups in total. The molecule has 8 heteroatoms. The summed E-state index contributed by atoms with van der Waals surface area (Å²) < 4.78 is 26.3. The van der Waals surface area contributed by atoms with Crippen LogP contribution in [0.15, 0.2) is 11.1 Å². The molecule has 0 aromatic carbocycles. The number of rotatable bonds is 3. The molecule has 1 unspecified atom stereocenters. The highest BCUT2D eigenvalue weighted by Gasteiger charge is 2.34. The largest absolute Gasteiger partial charge is 0.395 e. The number of aromatic amines is 1. The van der Waals surface area contributed by atoms with Crippen molar-refractivity contribution in [2.45, 2.75) is 36.6 Å². The van der Waals surface area contributed by atoms with E-state index in [1.54, 1.807) is 0 Å². The number of nitrogen functional groups attached to an aromatic ring is 1. The Bertz CT molecular complexity index is 499. The lowest BCUT2D eigenvalue weighted by Crippen LogP contribution is -2.42. The lowest BCUT2D eigenvalue weighted by molar-refractivity contribution is 0.186. The lowest BCUT2D eigenvalue weighted by atomic mass is 10.1. The number of H-pyrrole nitrogens is 1. The van der Waals surface area contributed by atoms with Gasteiger partial charge in [0.2, 0.25) is 10.0 Å². The van der Waals surface area contributed by atoms with Crippen LogP contribution in [0.3, 0.4) is 0 Å². The zero-order valence-electron chi connectivity index (χ0n) is 10.0. The van der Waals surface area contributed by atoms with Crippen LogP contribution in [0.4, 0.5) is 5.82 Å². The van der Waals surface area contributed by atoms with E-state index in [9.17, 15) is 13.5 Å². The number of aliphatic hydroxyl groups excluding tert-OH is 1. The molecule has 1 atom stereocenters. The number of nitrogens with one attached hydrogen (secondary N) is 1. The lowest BCUT2D eigenvalue weighted by Gasteiger charge is -2.27. The minimum Gasteiger partial charge on any atom is -0.395 e. The number of anilines is 1. The predicted octanol–water partition coefficient (Wildman–Crippen LogP) is -0.0825. The molecule has 7 nitrogen and oxygen atoms in total. The Morgan fingerprint density at radius 2 is 2.28 bits per heavy atom. The zero-order chi connectivity index (χ0) is 13.2. The Morgan fingerprint density at radius 3 is 2.89 bits per heavy atom. The van der Waals surface area contributed by atoms with Crippen LogP contribution in [0.5, 0.6) is 0 Å². The minimum atomic E-state index is -3.68. The Hall–Kier alpha value is -1.12. The minimum absolute atomic E-state index is 0.0113. The number of nitrogens with two attached hydrogens (primary N) is 1. The number of aromatic nitrogens is 2. The highest BCUT2D eigenvalue weighted by molar-refractivity contribution is 7.89. The van der Waals surface area contributed by atoms with Gasteiger partial charge in [0.1, 0.15) is 10.7 Å². The smallest absolute Gasteiger partial charge is 0.248 e. The molecule has 102 valence electrons. The first-order chi connectivity index (χ1) is 8.57. The van der Waals surface area contributed by atoms with E-state index in [1.165, 1.54) is 10.5 Å². The first kappa shape index (κ1) is 13.3. The van der Waals surface area contributed by atoms with Crippen LogP contribution in [0.2, 0.25) is 0 Å². The summed E-state index contributed by atoms with van der Waals surface area (Å²) >= 11 is 0. The molecule has 2 rings (SSSR count). The molecule has 0 spiro atoms. The van der Waals surface area contributed by atoms with Crippen molar-refractivity contribution < 1.29 is 13.5 Å². The van der Waals surface area contributed by atoms with Gasteiger partial charge in [0, 0.05) is 12.6 Å². The van der Waals surface area contributed by atoms with Crippen LogP contribution in [-0.2, 0) is 10.0 Å². The fourth-order valence-electron chi connectivity index (χ4n) is 2.27. The van der Waals surface area contributed by atoms with Gasteiger partial charge in [-0.2, -0.15) is 9.40 Å². The maximum absolute atomic E-state index is 12.5. The Balaban J connectivity index is 2.35. The summed E-state index contributed by atoms with van der Waals surface area (Å²) in [7, 11) is -3.68.